The van der Waals surface area contributed by atoms with E-state index >= 15 is 0 Å². The summed E-state index contributed by atoms with van der Waals surface area (Å²) < 4.78 is 0. The van der Waals surface area contributed by atoms with Crippen molar-refractivity contribution in [1.29, 1.82) is 0 Å². The predicted octanol–water partition coefficient (Wildman–Crippen LogP) is 4.36. The van der Waals surface area contributed by atoms with Crippen LogP contribution >= 0.6 is 11.8 Å². The Morgan fingerprint density at radius 3 is 2.21 bits per heavy atom. The first-order valence-electron chi connectivity index (χ1n) is 6.63. The summed E-state index contributed by atoms with van der Waals surface area (Å²) in [5.74, 6) is 1.05. The summed E-state index contributed by atoms with van der Waals surface area (Å²) in [5.41, 5.74) is 4.10. The molecule has 0 bridgehead atoms. The first kappa shape index (κ1) is 14.2. The second kappa shape index (κ2) is 6.78. The van der Waals surface area contributed by atoms with Crippen molar-refractivity contribution in [2.45, 2.75) is 24.8 Å². The Morgan fingerprint density at radius 1 is 0.947 bits per heavy atom. The van der Waals surface area contributed by atoms with Crippen LogP contribution in [0.15, 0.2) is 53.4 Å². The molecule has 0 saturated carbocycles. The molecule has 1 nitrogen and oxygen atoms in total. The molecule has 2 heteroatoms. The standard InChI is InChI=1S/C17H21NS/c1-13-8-4-6-10-15(13)16(18-3)12-19-17-11-7-5-9-14(17)2/h4-11,16,18H,12H2,1-3H3. The number of rotatable bonds is 5. The molecule has 0 fully saturated rings. The van der Waals surface area contributed by atoms with Gasteiger partial charge >= 0.3 is 0 Å². The fourth-order valence-electron chi connectivity index (χ4n) is 2.20. The maximum atomic E-state index is 3.43. The third kappa shape index (κ3) is 3.62. The molecule has 0 radical (unpaired) electrons. The van der Waals surface area contributed by atoms with Gasteiger partial charge in [-0.15, -0.1) is 11.8 Å². The molecule has 19 heavy (non-hydrogen) atoms. The molecule has 1 N–H and O–H groups in total. The first-order valence-corrected chi connectivity index (χ1v) is 7.62. The van der Waals surface area contributed by atoms with Gasteiger partial charge in [-0.1, -0.05) is 42.5 Å². The Morgan fingerprint density at radius 2 is 1.58 bits per heavy atom. The van der Waals surface area contributed by atoms with Crippen molar-refractivity contribution >= 4 is 11.8 Å². The highest BCUT2D eigenvalue weighted by molar-refractivity contribution is 7.99. The molecule has 0 saturated heterocycles. The number of nitrogens with one attached hydrogen (secondary N) is 1. The van der Waals surface area contributed by atoms with E-state index in [-0.39, 0.29) is 0 Å². The molecular formula is C17H21NS. The lowest BCUT2D eigenvalue weighted by Gasteiger charge is -2.19. The average Bonchev–Trinajstić information content (AvgIpc) is 2.43. The normalized spacial score (nSPS) is 12.4. The van der Waals surface area contributed by atoms with Crippen LogP contribution in [-0.2, 0) is 0 Å². The molecule has 2 aromatic carbocycles. The summed E-state index contributed by atoms with van der Waals surface area (Å²) in [6, 6.07) is 17.6. The molecule has 0 spiro atoms. The highest BCUT2D eigenvalue weighted by Gasteiger charge is 2.12. The SMILES string of the molecule is CNC(CSc1ccccc1C)c1ccccc1C. The third-order valence-corrected chi connectivity index (χ3v) is 4.68. The van der Waals surface area contributed by atoms with Crippen molar-refractivity contribution in [2.24, 2.45) is 0 Å². The van der Waals surface area contributed by atoms with E-state index < -0.39 is 0 Å². The van der Waals surface area contributed by atoms with E-state index in [0.717, 1.165) is 5.75 Å². The molecule has 0 aliphatic carbocycles. The maximum absolute atomic E-state index is 3.43. The van der Waals surface area contributed by atoms with Gasteiger partial charge in [-0.25, -0.2) is 0 Å². The molecule has 0 aromatic heterocycles. The third-order valence-electron chi connectivity index (χ3n) is 3.41. The van der Waals surface area contributed by atoms with Gasteiger partial charge in [0.2, 0.25) is 0 Å². The van der Waals surface area contributed by atoms with E-state index in [1.54, 1.807) is 0 Å². The van der Waals surface area contributed by atoms with Crippen molar-refractivity contribution in [2.75, 3.05) is 12.8 Å². The van der Waals surface area contributed by atoms with E-state index in [1.807, 2.05) is 18.8 Å². The van der Waals surface area contributed by atoms with Crippen LogP contribution in [0, 0.1) is 13.8 Å². The fraction of sp³-hybridized carbons (Fsp3) is 0.294. The van der Waals surface area contributed by atoms with Crippen LogP contribution in [0.5, 0.6) is 0 Å². The first-order chi connectivity index (χ1) is 9.22. The van der Waals surface area contributed by atoms with Gasteiger partial charge in [0.05, 0.1) is 0 Å². The number of benzene rings is 2. The molecular weight excluding hydrogens is 250 g/mol. The van der Waals surface area contributed by atoms with Gasteiger partial charge in [0.15, 0.2) is 0 Å². The minimum absolute atomic E-state index is 0.394. The van der Waals surface area contributed by atoms with Crippen molar-refractivity contribution in [3.05, 3.63) is 65.2 Å². The molecule has 2 aromatic rings. The lowest BCUT2D eigenvalue weighted by molar-refractivity contribution is 0.658. The van der Waals surface area contributed by atoms with Gasteiger partial charge < -0.3 is 5.32 Å². The second-order valence-corrected chi connectivity index (χ2v) is 5.84. The summed E-state index contributed by atoms with van der Waals surface area (Å²) in [6.07, 6.45) is 0. The predicted molar refractivity (Wildman–Crippen MR) is 84.9 cm³/mol. The molecule has 0 aliphatic heterocycles. The second-order valence-electron chi connectivity index (χ2n) is 4.77. The summed E-state index contributed by atoms with van der Waals surface area (Å²) >= 11 is 1.92. The lowest BCUT2D eigenvalue weighted by Crippen LogP contribution is -2.19. The van der Waals surface area contributed by atoms with E-state index in [0.29, 0.717) is 6.04 Å². The fourth-order valence-corrected chi connectivity index (χ4v) is 3.36. The molecule has 0 aliphatic rings. The maximum Gasteiger partial charge on any atom is 0.0415 e. The van der Waals surface area contributed by atoms with Crippen molar-refractivity contribution in [3.63, 3.8) is 0 Å². The van der Waals surface area contributed by atoms with E-state index in [9.17, 15) is 0 Å². The molecule has 1 atom stereocenters. The molecule has 2 rings (SSSR count). The van der Waals surface area contributed by atoms with Crippen LogP contribution in [0.1, 0.15) is 22.7 Å². The zero-order chi connectivity index (χ0) is 13.7. The van der Waals surface area contributed by atoms with Gasteiger partial charge in [-0.2, -0.15) is 0 Å². The lowest BCUT2D eigenvalue weighted by atomic mass is 10.0. The van der Waals surface area contributed by atoms with Crippen LogP contribution in [0.4, 0.5) is 0 Å². The van der Waals surface area contributed by atoms with Crippen LogP contribution in [0.2, 0.25) is 0 Å². The van der Waals surface area contributed by atoms with Gasteiger partial charge in [0.1, 0.15) is 0 Å². The Bertz CT molecular complexity index is 536. The number of hydrogen-bond donors (Lipinski definition) is 1. The molecule has 100 valence electrons. The Kier molecular flexibility index (Phi) is 5.06. The number of aryl methyl sites for hydroxylation is 2. The molecule has 0 amide bonds. The van der Waals surface area contributed by atoms with E-state index in [4.69, 9.17) is 0 Å². The monoisotopic (exact) mass is 271 g/mol. The van der Waals surface area contributed by atoms with Crippen molar-refractivity contribution < 1.29 is 0 Å². The minimum atomic E-state index is 0.394. The van der Waals surface area contributed by atoms with Crippen LogP contribution in [0.3, 0.4) is 0 Å². The summed E-state index contributed by atoms with van der Waals surface area (Å²) in [7, 11) is 2.04. The number of thioether (sulfide) groups is 1. The van der Waals surface area contributed by atoms with Crippen LogP contribution < -0.4 is 5.32 Å². The smallest absolute Gasteiger partial charge is 0.0415 e. The Hall–Kier alpha value is -1.25. The highest BCUT2D eigenvalue weighted by atomic mass is 32.2. The Labute approximate surface area is 120 Å². The summed E-state index contributed by atoms with van der Waals surface area (Å²) in [4.78, 5) is 1.37. The topological polar surface area (TPSA) is 12.0 Å². The zero-order valence-corrected chi connectivity index (χ0v) is 12.6. The molecule has 1 unspecified atom stereocenters. The van der Waals surface area contributed by atoms with Gasteiger partial charge in [0, 0.05) is 16.7 Å². The largest absolute Gasteiger partial charge is 0.312 e. The Balaban J connectivity index is 2.09. The van der Waals surface area contributed by atoms with Crippen LogP contribution in [0.25, 0.3) is 0 Å². The average molecular weight is 271 g/mol. The summed E-state index contributed by atoms with van der Waals surface area (Å²) in [6.45, 7) is 4.35. The molecule has 0 heterocycles. The van der Waals surface area contributed by atoms with E-state index in [2.05, 4.69) is 67.7 Å². The van der Waals surface area contributed by atoms with Gasteiger partial charge in [-0.05, 0) is 43.7 Å². The van der Waals surface area contributed by atoms with Crippen molar-refractivity contribution in [1.82, 2.24) is 5.32 Å². The van der Waals surface area contributed by atoms with Gasteiger partial charge in [0.25, 0.3) is 0 Å². The van der Waals surface area contributed by atoms with Gasteiger partial charge in [-0.3, -0.25) is 0 Å². The minimum Gasteiger partial charge on any atom is -0.312 e. The van der Waals surface area contributed by atoms with Crippen LogP contribution in [-0.4, -0.2) is 12.8 Å². The van der Waals surface area contributed by atoms with Crippen molar-refractivity contribution in [3.8, 4) is 0 Å². The quantitative estimate of drug-likeness (QED) is 0.811. The number of hydrogen-bond acceptors (Lipinski definition) is 2. The highest BCUT2D eigenvalue weighted by Crippen LogP contribution is 2.28. The zero-order valence-electron chi connectivity index (χ0n) is 11.8. The van der Waals surface area contributed by atoms with E-state index in [1.165, 1.54) is 21.6 Å². The summed E-state index contributed by atoms with van der Waals surface area (Å²) in [5, 5.41) is 3.43.